The zero-order valence-electron chi connectivity index (χ0n) is 15.7. The van der Waals surface area contributed by atoms with E-state index in [1.807, 2.05) is 29.2 Å². The van der Waals surface area contributed by atoms with Gasteiger partial charge in [0.05, 0.1) is 6.20 Å². The number of anilines is 2. The van der Waals surface area contributed by atoms with Gasteiger partial charge in [-0.15, -0.1) is 0 Å². The Morgan fingerprint density at radius 2 is 1.89 bits per heavy atom. The maximum absolute atomic E-state index is 4.71. The molecule has 7 heteroatoms. The normalized spacial score (nSPS) is 18.2. The van der Waals surface area contributed by atoms with Crippen molar-refractivity contribution >= 4 is 17.3 Å². The van der Waals surface area contributed by atoms with E-state index in [1.54, 1.807) is 0 Å². The molecule has 7 nitrogen and oxygen atoms in total. The summed E-state index contributed by atoms with van der Waals surface area (Å²) in [7, 11) is 2.17. The van der Waals surface area contributed by atoms with Gasteiger partial charge in [-0.3, -0.25) is 0 Å². The van der Waals surface area contributed by atoms with Gasteiger partial charge in [0.15, 0.2) is 5.65 Å². The number of likely N-dealkylation sites (N-methyl/N-ethyl adjacent to an activating group) is 1. The van der Waals surface area contributed by atoms with Crippen LogP contribution in [-0.2, 0) is 0 Å². The van der Waals surface area contributed by atoms with Crippen molar-refractivity contribution in [2.45, 2.75) is 12.8 Å². The molecule has 5 rings (SSSR count). The molecule has 1 aliphatic carbocycles. The fourth-order valence-corrected chi connectivity index (χ4v) is 3.57. The molecule has 0 amide bonds. The van der Waals surface area contributed by atoms with E-state index in [9.17, 15) is 0 Å². The van der Waals surface area contributed by atoms with Crippen LogP contribution in [0.15, 0.2) is 36.8 Å². The van der Waals surface area contributed by atoms with E-state index in [2.05, 4.69) is 44.4 Å². The Balaban J connectivity index is 1.39. The number of fused-ring (bicyclic) bond motifs is 1. The van der Waals surface area contributed by atoms with Gasteiger partial charge in [-0.2, -0.15) is 9.61 Å². The number of aromatic nitrogens is 4. The zero-order chi connectivity index (χ0) is 18.2. The minimum Gasteiger partial charge on any atom is -0.370 e. The van der Waals surface area contributed by atoms with E-state index in [4.69, 9.17) is 4.98 Å². The van der Waals surface area contributed by atoms with Gasteiger partial charge in [0.1, 0.15) is 11.6 Å². The second kappa shape index (κ2) is 6.81. The minimum atomic E-state index is 0.814. The van der Waals surface area contributed by atoms with Crippen LogP contribution in [0.4, 0.5) is 11.6 Å². The van der Waals surface area contributed by atoms with Crippen molar-refractivity contribution < 1.29 is 0 Å². The van der Waals surface area contributed by atoms with Crippen molar-refractivity contribution in [1.82, 2.24) is 24.5 Å². The predicted molar refractivity (Wildman–Crippen MR) is 107 cm³/mol. The van der Waals surface area contributed by atoms with Crippen LogP contribution in [0.2, 0.25) is 0 Å². The molecule has 2 fully saturated rings. The van der Waals surface area contributed by atoms with E-state index in [-0.39, 0.29) is 0 Å². The summed E-state index contributed by atoms with van der Waals surface area (Å²) in [6.07, 6.45) is 8.34. The fourth-order valence-electron chi connectivity index (χ4n) is 3.57. The summed E-state index contributed by atoms with van der Waals surface area (Å²) >= 11 is 0. The lowest BCUT2D eigenvalue weighted by molar-refractivity contribution is 0.312. The number of rotatable bonds is 5. The highest BCUT2D eigenvalue weighted by Crippen LogP contribution is 2.30. The molecule has 1 saturated carbocycles. The standard InChI is InChI=1S/C20H25N7/c1-25-8-10-26(11-9-25)18-5-4-16(13-23-18)17-14-24-27-19(6-7-21-20(17)27)22-12-15-2-3-15/h4-7,13-15,22H,2-3,8-12H2,1H3. The molecule has 3 aromatic rings. The highest BCUT2D eigenvalue weighted by atomic mass is 15.3. The highest BCUT2D eigenvalue weighted by Gasteiger charge is 2.21. The molecule has 0 bridgehead atoms. The molecular formula is C20H25N7. The Morgan fingerprint density at radius 1 is 1.04 bits per heavy atom. The first-order valence-electron chi connectivity index (χ1n) is 9.74. The first kappa shape index (κ1) is 16.5. The molecule has 1 aliphatic heterocycles. The van der Waals surface area contributed by atoms with Gasteiger partial charge in [-0.1, -0.05) is 0 Å². The van der Waals surface area contributed by atoms with Crippen LogP contribution in [-0.4, -0.2) is 64.3 Å². The lowest BCUT2D eigenvalue weighted by Crippen LogP contribution is -2.44. The van der Waals surface area contributed by atoms with Crippen molar-refractivity contribution in [2.75, 3.05) is 50.0 Å². The number of pyridine rings is 1. The van der Waals surface area contributed by atoms with Crippen molar-refractivity contribution in [1.29, 1.82) is 0 Å². The van der Waals surface area contributed by atoms with Crippen molar-refractivity contribution in [3.63, 3.8) is 0 Å². The molecule has 1 saturated heterocycles. The molecule has 1 N–H and O–H groups in total. The molecule has 0 radical (unpaired) electrons. The van der Waals surface area contributed by atoms with Gasteiger partial charge in [0.2, 0.25) is 0 Å². The lowest BCUT2D eigenvalue weighted by atomic mass is 10.1. The Morgan fingerprint density at radius 3 is 2.63 bits per heavy atom. The van der Waals surface area contributed by atoms with Crippen LogP contribution in [0.3, 0.4) is 0 Å². The number of hydrogen-bond donors (Lipinski definition) is 1. The smallest absolute Gasteiger partial charge is 0.165 e. The first-order chi connectivity index (χ1) is 13.3. The molecule has 4 heterocycles. The van der Waals surface area contributed by atoms with E-state index in [0.29, 0.717) is 0 Å². The van der Waals surface area contributed by atoms with Crippen molar-refractivity contribution in [3.8, 4) is 11.1 Å². The molecule has 0 atom stereocenters. The molecule has 3 aromatic heterocycles. The monoisotopic (exact) mass is 363 g/mol. The average Bonchev–Trinajstić information content (AvgIpc) is 3.44. The van der Waals surface area contributed by atoms with Crippen molar-refractivity contribution in [3.05, 3.63) is 36.8 Å². The van der Waals surface area contributed by atoms with Gasteiger partial charge in [0, 0.05) is 56.2 Å². The third-order valence-corrected chi connectivity index (χ3v) is 5.56. The Kier molecular flexibility index (Phi) is 4.16. The summed E-state index contributed by atoms with van der Waals surface area (Å²) in [6.45, 7) is 5.22. The second-order valence-corrected chi connectivity index (χ2v) is 7.64. The van der Waals surface area contributed by atoms with Gasteiger partial charge in [-0.05, 0) is 44.0 Å². The summed E-state index contributed by atoms with van der Waals surface area (Å²) < 4.78 is 1.89. The van der Waals surface area contributed by atoms with Crippen LogP contribution in [0.5, 0.6) is 0 Å². The maximum Gasteiger partial charge on any atom is 0.165 e. The summed E-state index contributed by atoms with van der Waals surface area (Å²) in [4.78, 5) is 14.0. The number of hydrogen-bond acceptors (Lipinski definition) is 6. The molecule has 0 unspecified atom stereocenters. The van der Waals surface area contributed by atoms with E-state index in [1.165, 1.54) is 12.8 Å². The van der Waals surface area contributed by atoms with Gasteiger partial charge < -0.3 is 15.1 Å². The van der Waals surface area contributed by atoms with E-state index in [0.717, 1.165) is 67.1 Å². The summed E-state index contributed by atoms with van der Waals surface area (Å²) in [6, 6.07) is 6.23. The Hall–Kier alpha value is -2.67. The third kappa shape index (κ3) is 3.35. The maximum atomic E-state index is 4.71. The number of nitrogens with one attached hydrogen (secondary N) is 1. The molecule has 140 valence electrons. The topological polar surface area (TPSA) is 61.6 Å². The molecular weight excluding hydrogens is 338 g/mol. The molecule has 27 heavy (non-hydrogen) atoms. The van der Waals surface area contributed by atoms with Crippen LogP contribution in [0.1, 0.15) is 12.8 Å². The average molecular weight is 363 g/mol. The first-order valence-corrected chi connectivity index (χ1v) is 9.74. The Labute approximate surface area is 159 Å². The Bertz CT molecular complexity index is 921. The predicted octanol–water partition coefficient (Wildman–Crippen LogP) is 2.37. The molecule has 0 spiro atoms. The largest absolute Gasteiger partial charge is 0.370 e. The minimum absolute atomic E-state index is 0.814. The van der Waals surface area contributed by atoms with E-state index >= 15 is 0 Å². The lowest BCUT2D eigenvalue weighted by Gasteiger charge is -2.33. The summed E-state index contributed by atoms with van der Waals surface area (Å²) in [5.41, 5.74) is 2.93. The summed E-state index contributed by atoms with van der Waals surface area (Å²) in [5, 5.41) is 8.07. The van der Waals surface area contributed by atoms with Crippen molar-refractivity contribution in [2.24, 2.45) is 5.92 Å². The van der Waals surface area contributed by atoms with Crippen LogP contribution in [0.25, 0.3) is 16.8 Å². The van der Waals surface area contributed by atoms with Crippen LogP contribution in [0, 0.1) is 5.92 Å². The quantitative estimate of drug-likeness (QED) is 0.751. The second-order valence-electron chi connectivity index (χ2n) is 7.64. The third-order valence-electron chi connectivity index (χ3n) is 5.56. The van der Waals surface area contributed by atoms with Gasteiger partial charge in [-0.25, -0.2) is 9.97 Å². The zero-order valence-corrected chi connectivity index (χ0v) is 15.7. The SMILES string of the molecule is CN1CCN(c2ccc(-c3cnn4c(NCC5CC5)ccnc34)cn2)CC1. The van der Waals surface area contributed by atoms with E-state index < -0.39 is 0 Å². The number of piperazine rings is 1. The fraction of sp³-hybridized carbons (Fsp3) is 0.450. The molecule has 2 aliphatic rings. The van der Waals surface area contributed by atoms with Crippen LogP contribution >= 0.6 is 0 Å². The van der Waals surface area contributed by atoms with Gasteiger partial charge >= 0.3 is 0 Å². The van der Waals surface area contributed by atoms with Gasteiger partial charge in [0.25, 0.3) is 0 Å². The number of nitrogens with zero attached hydrogens (tertiary/aromatic N) is 6. The highest BCUT2D eigenvalue weighted by molar-refractivity contribution is 5.77. The molecule has 0 aromatic carbocycles. The van der Waals surface area contributed by atoms with Crippen LogP contribution < -0.4 is 10.2 Å². The summed E-state index contributed by atoms with van der Waals surface area (Å²) in [5.74, 6) is 2.86.